The quantitative estimate of drug-likeness (QED) is 0.827. The number of halogens is 1. The summed E-state index contributed by atoms with van der Waals surface area (Å²) >= 11 is 0. The molecule has 0 aliphatic heterocycles. The molecule has 2 rings (SSSR count). The van der Waals surface area contributed by atoms with Crippen molar-refractivity contribution in [2.75, 3.05) is 0 Å². The van der Waals surface area contributed by atoms with Gasteiger partial charge in [-0.25, -0.2) is 4.39 Å². The number of aryl methyl sites for hydroxylation is 1. The highest BCUT2D eigenvalue weighted by atomic mass is 19.1. The minimum absolute atomic E-state index is 0.110. The van der Waals surface area contributed by atoms with E-state index in [4.69, 9.17) is 5.11 Å². The van der Waals surface area contributed by atoms with Gasteiger partial charge in [0.05, 0.1) is 6.61 Å². The Kier molecular flexibility index (Phi) is 4.72. The number of carbonyl (C=O) groups is 2. The smallest absolute Gasteiger partial charge is 0.268 e. The molecule has 0 atom stereocenters. The average Bonchev–Trinajstić information content (AvgIpc) is 2.88. The van der Waals surface area contributed by atoms with Crippen molar-refractivity contribution in [1.82, 2.24) is 9.88 Å². The fraction of sp³-hybridized carbons (Fsp3) is 0.250. The van der Waals surface area contributed by atoms with Crippen molar-refractivity contribution in [2.45, 2.75) is 20.1 Å². The van der Waals surface area contributed by atoms with E-state index in [1.807, 2.05) is 0 Å². The van der Waals surface area contributed by atoms with E-state index in [2.05, 4.69) is 5.32 Å². The monoisotopic (exact) mass is 304 g/mol. The van der Waals surface area contributed by atoms with Crippen LogP contribution in [-0.2, 0) is 20.2 Å². The highest BCUT2D eigenvalue weighted by Gasteiger charge is 2.13. The van der Waals surface area contributed by atoms with Crippen LogP contribution in [-0.4, -0.2) is 21.4 Å². The number of aliphatic hydroxyl groups excluding tert-OH is 1. The van der Waals surface area contributed by atoms with Crippen molar-refractivity contribution < 1.29 is 19.1 Å². The zero-order chi connectivity index (χ0) is 16.3. The van der Waals surface area contributed by atoms with Crippen molar-refractivity contribution in [3.8, 4) is 0 Å². The van der Waals surface area contributed by atoms with Crippen molar-refractivity contribution in [3.05, 3.63) is 58.7 Å². The van der Waals surface area contributed by atoms with Crippen LogP contribution in [0.15, 0.2) is 30.5 Å². The molecule has 0 aliphatic carbocycles. The van der Waals surface area contributed by atoms with Crippen molar-refractivity contribution in [1.29, 1.82) is 0 Å². The number of Topliss-reactive ketones (excluding diaryl/α,β-unsaturated/α-hetero) is 1. The van der Waals surface area contributed by atoms with Gasteiger partial charge in [-0.15, -0.1) is 0 Å². The van der Waals surface area contributed by atoms with E-state index in [1.54, 1.807) is 23.9 Å². The third-order valence-electron chi connectivity index (χ3n) is 3.38. The Morgan fingerprint density at radius 3 is 2.64 bits per heavy atom. The first-order valence-electron chi connectivity index (χ1n) is 6.76. The largest absolute Gasteiger partial charge is 0.392 e. The van der Waals surface area contributed by atoms with Gasteiger partial charge in [-0.05, 0) is 30.7 Å². The molecule has 0 fully saturated rings. The molecule has 0 aliphatic rings. The Morgan fingerprint density at radius 1 is 1.32 bits per heavy atom. The molecule has 2 N–H and O–H groups in total. The topological polar surface area (TPSA) is 71.3 Å². The Bertz CT molecular complexity index is 722. The Labute approximate surface area is 127 Å². The summed E-state index contributed by atoms with van der Waals surface area (Å²) in [7, 11) is 1.68. The number of ketones is 1. The Balaban J connectivity index is 2.08. The van der Waals surface area contributed by atoms with Gasteiger partial charge in [-0.1, -0.05) is 6.07 Å². The zero-order valence-corrected chi connectivity index (χ0v) is 12.4. The van der Waals surface area contributed by atoms with Crippen molar-refractivity contribution in [2.24, 2.45) is 7.05 Å². The van der Waals surface area contributed by atoms with Crippen LogP contribution in [0.2, 0.25) is 0 Å². The van der Waals surface area contributed by atoms with Gasteiger partial charge >= 0.3 is 0 Å². The second kappa shape index (κ2) is 6.53. The molecule has 0 unspecified atom stereocenters. The molecule has 0 spiro atoms. The van der Waals surface area contributed by atoms with Crippen LogP contribution in [0.4, 0.5) is 4.39 Å². The maximum atomic E-state index is 13.3. The van der Waals surface area contributed by atoms with Crippen LogP contribution in [0.1, 0.15) is 38.9 Å². The van der Waals surface area contributed by atoms with Crippen LogP contribution in [0.5, 0.6) is 0 Å². The molecule has 2 aromatic rings. The minimum atomic E-state index is -0.480. The average molecular weight is 304 g/mol. The SMILES string of the molecule is CC(=O)c1cc(C(=O)NCc2ccc(F)c(CO)c2)n(C)c1. The summed E-state index contributed by atoms with van der Waals surface area (Å²) < 4.78 is 14.9. The second-order valence-corrected chi connectivity index (χ2v) is 5.05. The van der Waals surface area contributed by atoms with Gasteiger partial charge in [0.2, 0.25) is 0 Å². The fourth-order valence-corrected chi connectivity index (χ4v) is 2.11. The molecule has 5 nitrogen and oxygen atoms in total. The number of nitrogens with one attached hydrogen (secondary N) is 1. The van der Waals surface area contributed by atoms with Gasteiger partial charge in [0.15, 0.2) is 5.78 Å². The van der Waals surface area contributed by atoms with Crippen LogP contribution >= 0.6 is 0 Å². The molecule has 0 bridgehead atoms. The summed E-state index contributed by atoms with van der Waals surface area (Å²) in [6.07, 6.45) is 1.60. The third kappa shape index (κ3) is 3.40. The van der Waals surface area contributed by atoms with Crippen LogP contribution < -0.4 is 5.32 Å². The number of rotatable bonds is 5. The first-order chi connectivity index (χ1) is 10.4. The lowest BCUT2D eigenvalue weighted by Gasteiger charge is -2.08. The molecule has 0 radical (unpaired) electrons. The standard InChI is InChI=1S/C16H17FN2O3/c1-10(21)12-6-15(19(2)8-12)16(22)18-7-11-3-4-14(17)13(5-11)9-20/h3-6,8,20H,7,9H2,1-2H3,(H,18,22). The van der Waals surface area contributed by atoms with Crippen LogP contribution in [0.25, 0.3) is 0 Å². The number of aliphatic hydroxyl groups is 1. The van der Waals surface area contributed by atoms with Gasteiger partial charge in [0.1, 0.15) is 11.5 Å². The van der Waals surface area contributed by atoms with Crippen LogP contribution in [0.3, 0.4) is 0 Å². The van der Waals surface area contributed by atoms with E-state index < -0.39 is 12.4 Å². The molecule has 6 heteroatoms. The lowest BCUT2D eigenvalue weighted by atomic mass is 10.1. The van der Waals surface area contributed by atoms with E-state index in [9.17, 15) is 14.0 Å². The Morgan fingerprint density at radius 2 is 2.05 bits per heavy atom. The predicted octanol–water partition coefficient (Wildman–Crippen LogP) is 1.79. The number of aromatic nitrogens is 1. The molecular formula is C16H17FN2O3. The summed E-state index contributed by atoms with van der Waals surface area (Å²) in [5, 5.41) is 11.7. The molecule has 1 heterocycles. The maximum absolute atomic E-state index is 13.3. The molecule has 0 saturated carbocycles. The maximum Gasteiger partial charge on any atom is 0.268 e. The van der Waals surface area contributed by atoms with Gasteiger partial charge in [0, 0.05) is 30.9 Å². The van der Waals surface area contributed by atoms with Gasteiger partial charge < -0.3 is 15.0 Å². The molecule has 1 aromatic heterocycles. The molecule has 1 aromatic carbocycles. The van der Waals surface area contributed by atoms with E-state index in [-0.39, 0.29) is 23.8 Å². The van der Waals surface area contributed by atoms with Crippen molar-refractivity contribution >= 4 is 11.7 Å². The summed E-state index contributed by atoms with van der Waals surface area (Å²) in [5.74, 6) is -0.920. The highest BCUT2D eigenvalue weighted by Crippen LogP contribution is 2.12. The molecule has 22 heavy (non-hydrogen) atoms. The van der Waals surface area contributed by atoms with Gasteiger partial charge in [-0.2, -0.15) is 0 Å². The number of carbonyl (C=O) groups excluding carboxylic acids is 2. The lowest BCUT2D eigenvalue weighted by Crippen LogP contribution is -2.24. The van der Waals surface area contributed by atoms with E-state index in [0.29, 0.717) is 16.8 Å². The van der Waals surface area contributed by atoms with Gasteiger partial charge in [0.25, 0.3) is 5.91 Å². The van der Waals surface area contributed by atoms with Crippen LogP contribution in [0, 0.1) is 5.82 Å². The summed E-state index contributed by atoms with van der Waals surface area (Å²) in [5.41, 5.74) is 1.70. The fourth-order valence-electron chi connectivity index (χ4n) is 2.11. The van der Waals surface area contributed by atoms with Gasteiger partial charge in [-0.3, -0.25) is 9.59 Å². The zero-order valence-electron chi connectivity index (χ0n) is 12.4. The Hall–Kier alpha value is -2.47. The normalized spacial score (nSPS) is 10.5. The third-order valence-corrected chi connectivity index (χ3v) is 3.38. The van der Waals surface area contributed by atoms with E-state index in [1.165, 1.54) is 25.1 Å². The number of hydrogen-bond donors (Lipinski definition) is 2. The molecule has 116 valence electrons. The predicted molar refractivity (Wildman–Crippen MR) is 78.9 cm³/mol. The number of benzene rings is 1. The number of hydrogen-bond acceptors (Lipinski definition) is 3. The summed E-state index contributed by atoms with van der Waals surface area (Å²) in [6.45, 7) is 1.24. The van der Waals surface area contributed by atoms with E-state index in [0.717, 1.165) is 0 Å². The first-order valence-corrected chi connectivity index (χ1v) is 6.76. The van der Waals surface area contributed by atoms with E-state index >= 15 is 0 Å². The molecule has 0 saturated heterocycles. The summed E-state index contributed by atoms with van der Waals surface area (Å²) in [4.78, 5) is 23.4. The lowest BCUT2D eigenvalue weighted by molar-refractivity contribution is 0.0942. The highest BCUT2D eigenvalue weighted by molar-refractivity contribution is 5.99. The minimum Gasteiger partial charge on any atom is -0.392 e. The first kappa shape index (κ1) is 15.9. The molecular weight excluding hydrogens is 287 g/mol. The molecule has 1 amide bonds. The number of amides is 1. The van der Waals surface area contributed by atoms with Crippen molar-refractivity contribution in [3.63, 3.8) is 0 Å². The second-order valence-electron chi connectivity index (χ2n) is 5.05. The number of nitrogens with zero attached hydrogens (tertiary/aromatic N) is 1. The summed E-state index contributed by atoms with van der Waals surface area (Å²) in [6, 6.07) is 5.83.